The van der Waals surface area contributed by atoms with Crippen LogP contribution in [0.1, 0.15) is 19.8 Å². The Kier molecular flexibility index (Phi) is 8.64. The summed E-state index contributed by atoms with van der Waals surface area (Å²) in [5.74, 6) is 0.493. The van der Waals surface area contributed by atoms with Gasteiger partial charge in [-0.05, 0) is 25.4 Å². The van der Waals surface area contributed by atoms with Crippen molar-refractivity contribution in [2.75, 3.05) is 39.8 Å². The van der Waals surface area contributed by atoms with Crippen molar-refractivity contribution in [1.82, 2.24) is 8.61 Å². The first-order valence-electron chi connectivity index (χ1n) is 6.02. The van der Waals surface area contributed by atoms with Crippen molar-refractivity contribution in [3.05, 3.63) is 0 Å². The van der Waals surface area contributed by atoms with E-state index in [9.17, 15) is 13.2 Å². The number of carbonyl (C=O) groups is 1. The fourth-order valence-electron chi connectivity index (χ4n) is 1.38. The molecule has 0 saturated carbocycles. The van der Waals surface area contributed by atoms with Crippen LogP contribution in [0.15, 0.2) is 0 Å². The molecule has 1 unspecified atom stereocenters. The average molecular weight is 312 g/mol. The summed E-state index contributed by atoms with van der Waals surface area (Å²) in [4.78, 5) is 11.0. The van der Waals surface area contributed by atoms with Gasteiger partial charge in [0.2, 0.25) is 0 Å². The Morgan fingerprint density at radius 1 is 1.37 bits per heavy atom. The molecule has 0 saturated heterocycles. The van der Waals surface area contributed by atoms with E-state index in [1.807, 2.05) is 13.2 Å². The lowest BCUT2D eigenvalue weighted by Crippen LogP contribution is -2.44. The van der Waals surface area contributed by atoms with Crippen LogP contribution in [-0.4, -0.2) is 68.8 Å². The van der Waals surface area contributed by atoms with Gasteiger partial charge in [0, 0.05) is 26.7 Å². The molecule has 0 rings (SSSR count). The number of hydrogen-bond donors (Lipinski definition) is 0. The molecule has 1 atom stereocenters. The van der Waals surface area contributed by atoms with Crippen LogP contribution in [-0.2, 0) is 19.7 Å². The maximum absolute atomic E-state index is 12.2. The van der Waals surface area contributed by atoms with E-state index in [-0.39, 0.29) is 19.0 Å². The van der Waals surface area contributed by atoms with Gasteiger partial charge >= 0.3 is 5.97 Å². The Balaban J connectivity index is 4.53. The number of thioether (sulfide) groups is 1. The molecule has 114 valence electrons. The predicted octanol–water partition coefficient (Wildman–Crippen LogP) is 0.800. The molecule has 0 aromatic heterocycles. The number of methoxy groups -OCH3 is 1. The fraction of sp³-hybridized carbons (Fsp3) is 0.909. The van der Waals surface area contributed by atoms with Crippen LogP contribution in [0.3, 0.4) is 0 Å². The quantitative estimate of drug-likeness (QED) is 0.589. The van der Waals surface area contributed by atoms with Crippen LogP contribution in [0.25, 0.3) is 0 Å². The highest BCUT2D eigenvalue weighted by Gasteiger charge is 2.27. The van der Waals surface area contributed by atoms with Crippen LogP contribution >= 0.6 is 11.8 Å². The molecule has 0 amide bonds. The van der Waals surface area contributed by atoms with Gasteiger partial charge < -0.3 is 4.74 Å². The maximum atomic E-state index is 12.2. The molecule has 6 nitrogen and oxygen atoms in total. The summed E-state index contributed by atoms with van der Waals surface area (Å²) < 4.78 is 31.5. The Bertz CT molecular complexity index is 373. The third-order valence-corrected chi connectivity index (χ3v) is 5.68. The Labute approximate surface area is 120 Å². The molecule has 0 fully saturated rings. The SMILES string of the molecule is COC(=O)CCN(C)S(=O)(=O)N(C)C(C)CCSC. The summed E-state index contributed by atoms with van der Waals surface area (Å²) in [6, 6.07) is -0.0713. The van der Waals surface area contributed by atoms with Crippen LogP contribution in [0.5, 0.6) is 0 Å². The van der Waals surface area contributed by atoms with Gasteiger partial charge in [0.1, 0.15) is 0 Å². The molecule has 0 aromatic rings. The highest BCUT2D eigenvalue weighted by Crippen LogP contribution is 2.13. The number of ether oxygens (including phenoxy) is 1. The lowest BCUT2D eigenvalue weighted by atomic mass is 10.3. The predicted molar refractivity (Wildman–Crippen MR) is 78.4 cm³/mol. The summed E-state index contributed by atoms with van der Waals surface area (Å²) in [5.41, 5.74) is 0. The van der Waals surface area contributed by atoms with Crippen molar-refractivity contribution >= 4 is 27.9 Å². The monoisotopic (exact) mass is 312 g/mol. The van der Waals surface area contributed by atoms with E-state index in [1.165, 1.54) is 22.8 Å². The van der Waals surface area contributed by atoms with E-state index in [2.05, 4.69) is 4.74 Å². The molecule has 8 heteroatoms. The standard InChI is InChI=1S/C11H24N2O4S2/c1-10(7-9-18-5)13(3)19(15,16)12(2)8-6-11(14)17-4/h10H,6-9H2,1-5H3. The lowest BCUT2D eigenvalue weighted by molar-refractivity contribution is -0.140. The highest BCUT2D eigenvalue weighted by molar-refractivity contribution is 7.98. The summed E-state index contributed by atoms with van der Waals surface area (Å²) >= 11 is 1.69. The molecule has 0 radical (unpaired) electrons. The molecule has 0 aliphatic rings. The zero-order valence-electron chi connectivity index (χ0n) is 12.2. The van der Waals surface area contributed by atoms with Gasteiger partial charge in [0.05, 0.1) is 13.5 Å². The van der Waals surface area contributed by atoms with E-state index in [4.69, 9.17) is 0 Å². The van der Waals surface area contributed by atoms with Crippen molar-refractivity contribution in [2.45, 2.75) is 25.8 Å². The van der Waals surface area contributed by atoms with E-state index in [0.717, 1.165) is 12.2 Å². The van der Waals surface area contributed by atoms with E-state index in [0.29, 0.717) is 0 Å². The van der Waals surface area contributed by atoms with Gasteiger partial charge in [0.15, 0.2) is 0 Å². The van der Waals surface area contributed by atoms with Crippen LogP contribution in [0, 0.1) is 0 Å². The summed E-state index contributed by atoms with van der Waals surface area (Å²) in [5, 5.41) is 0. The molecule has 0 N–H and O–H groups in total. The third kappa shape index (κ3) is 6.11. The van der Waals surface area contributed by atoms with Crippen LogP contribution in [0.2, 0.25) is 0 Å². The maximum Gasteiger partial charge on any atom is 0.306 e. The van der Waals surface area contributed by atoms with E-state index >= 15 is 0 Å². The van der Waals surface area contributed by atoms with Crippen LogP contribution in [0.4, 0.5) is 0 Å². The number of rotatable bonds is 9. The second kappa shape index (κ2) is 8.78. The first-order chi connectivity index (χ1) is 8.77. The summed E-state index contributed by atoms with van der Waals surface area (Å²) in [7, 11) is 0.795. The molecule has 0 heterocycles. The normalized spacial score (nSPS) is 13.8. The Morgan fingerprint density at radius 3 is 2.42 bits per heavy atom. The van der Waals surface area contributed by atoms with E-state index < -0.39 is 16.2 Å². The van der Waals surface area contributed by atoms with Gasteiger partial charge in [-0.25, -0.2) is 0 Å². The summed E-state index contributed by atoms with van der Waals surface area (Å²) in [6.45, 7) is 2.00. The van der Waals surface area contributed by atoms with Gasteiger partial charge in [0.25, 0.3) is 10.2 Å². The first-order valence-corrected chi connectivity index (χ1v) is 8.81. The zero-order chi connectivity index (χ0) is 15.1. The van der Waals surface area contributed by atoms with Crippen molar-refractivity contribution in [3.8, 4) is 0 Å². The molecule has 19 heavy (non-hydrogen) atoms. The lowest BCUT2D eigenvalue weighted by Gasteiger charge is -2.28. The van der Waals surface area contributed by atoms with Crippen LogP contribution < -0.4 is 0 Å². The average Bonchev–Trinajstić information content (AvgIpc) is 2.40. The van der Waals surface area contributed by atoms with Crippen molar-refractivity contribution in [1.29, 1.82) is 0 Å². The fourth-order valence-corrected chi connectivity index (χ4v) is 3.28. The number of esters is 1. The van der Waals surface area contributed by atoms with Crippen molar-refractivity contribution in [3.63, 3.8) is 0 Å². The molecule has 0 spiro atoms. The molecule has 0 bridgehead atoms. The number of carbonyl (C=O) groups excluding carboxylic acids is 1. The Morgan fingerprint density at radius 2 is 1.95 bits per heavy atom. The largest absolute Gasteiger partial charge is 0.469 e. The van der Waals surface area contributed by atoms with Crippen molar-refractivity contribution in [2.24, 2.45) is 0 Å². The molecular formula is C11H24N2O4S2. The summed E-state index contributed by atoms with van der Waals surface area (Å²) in [6.07, 6.45) is 2.84. The highest BCUT2D eigenvalue weighted by atomic mass is 32.2. The second-order valence-electron chi connectivity index (χ2n) is 4.30. The Hall–Kier alpha value is -0.310. The minimum atomic E-state index is -3.52. The number of nitrogens with zero attached hydrogens (tertiary/aromatic N) is 2. The first kappa shape index (κ1) is 18.7. The molecule has 0 aliphatic heterocycles. The van der Waals surface area contributed by atoms with Gasteiger partial charge in [-0.2, -0.15) is 28.8 Å². The van der Waals surface area contributed by atoms with E-state index in [1.54, 1.807) is 18.8 Å². The minimum Gasteiger partial charge on any atom is -0.469 e. The van der Waals surface area contributed by atoms with Gasteiger partial charge in [-0.1, -0.05) is 0 Å². The topological polar surface area (TPSA) is 66.9 Å². The smallest absolute Gasteiger partial charge is 0.306 e. The third-order valence-electron chi connectivity index (χ3n) is 2.98. The molecule has 0 aromatic carbocycles. The number of hydrogen-bond acceptors (Lipinski definition) is 5. The second-order valence-corrected chi connectivity index (χ2v) is 7.38. The molecule has 0 aliphatic carbocycles. The molecular weight excluding hydrogens is 288 g/mol. The minimum absolute atomic E-state index is 0.0548. The van der Waals surface area contributed by atoms with Gasteiger partial charge in [-0.3, -0.25) is 4.79 Å². The van der Waals surface area contributed by atoms with Crippen molar-refractivity contribution < 1.29 is 17.9 Å². The van der Waals surface area contributed by atoms with Gasteiger partial charge in [-0.15, -0.1) is 0 Å². The zero-order valence-corrected chi connectivity index (χ0v) is 13.9.